The number of hydrogen-bond acceptors (Lipinski definition) is 6. The summed E-state index contributed by atoms with van der Waals surface area (Å²) in [4.78, 5) is 45.9. The fourth-order valence-corrected chi connectivity index (χ4v) is 6.22. The third kappa shape index (κ3) is 2.88. The van der Waals surface area contributed by atoms with E-state index in [1.54, 1.807) is 59.5 Å². The second-order valence-electron chi connectivity index (χ2n) is 9.97. The molecule has 0 aliphatic carbocycles. The van der Waals surface area contributed by atoms with Crippen LogP contribution in [-0.2, 0) is 4.79 Å². The van der Waals surface area contributed by atoms with Crippen LogP contribution in [0, 0.1) is 19.8 Å². The number of nitrogens with zero attached hydrogens (tertiary/aromatic N) is 2. The van der Waals surface area contributed by atoms with Crippen LogP contribution in [0.1, 0.15) is 31.8 Å². The number of benzene rings is 3. The summed E-state index contributed by atoms with van der Waals surface area (Å²) in [5.41, 5.74) is 1.64. The Labute approximate surface area is 219 Å². The van der Waals surface area contributed by atoms with Gasteiger partial charge in [0.25, 0.3) is 11.8 Å². The summed E-state index contributed by atoms with van der Waals surface area (Å²) in [6.45, 7) is 4.11. The lowest BCUT2D eigenvalue weighted by Crippen LogP contribution is -2.58. The third-order valence-corrected chi connectivity index (χ3v) is 7.91. The minimum atomic E-state index is -1.54. The van der Waals surface area contributed by atoms with Crippen molar-refractivity contribution in [3.63, 3.8) is 0 Å². The number of ketones is 1. The summed E-state index contributed by atoms with van der Waals surface area (Å²) in [6, 6.07) is 17.7. The molecule has 190 valence electrons. The zero-order chi connectivity index (χ0) is 26.2. The molecule has 8 heteroatoms. The normalized spacial score (nSPS) is 24.6. The number of para-hydroxylation sites is 2. The molecule has 2 amide bonds. The van der Waals surface area contributed by atoms with Crippen molar-refractivity contribution in [2.45, 2.75) is 25.6 Å². The van der Waals surface area contributed by atoms with E-state index in [0.717, 1.165) is 11.1 Å². The average Bonchev–Trinajstić information content (AvgIpc) is 3.62. The molecule has 1 saturated heterocycles. The predicted octanol–water partition coefficient (Wildman–Crippen LogP) is 4.05. The van der Waals surface area contributed by atoms with Gasteiger partial charge in [-0.2, -0.15) is 0 Å². The topological polar surface area (TPSA) is 85.4 Å². The van der Waals surface area contributed by atoms with Crippen molar-refractivity contribution in [1.29, 1.82) is 0 Å². The monoisotopic (exact) mass is 508 g/mol. The van der Waals surface area contributed by atoms with Crippen molar-refractivity contribution in [3.8, 4) is 17.2 Å². The number of Topliss-reactive ketones (excluding diaryl/α,β-unsaturated/α-hetero) is 1. The van der Waals surface area contributed by atoms with Gasteiger partial charge in [-0.1, -0.05) is 42.5 Å². The Bertz CT molecular complexity index is 1560. The lowest BCUT2D eigenvalue weighted by atomic mass is 9.78. The van der Waals surface area contributed by atoms with E-state index in [1.807, 2.05) is 32.0 Å². The van der Waals surface area contributed by atoms with Crippen LogP contribution in [0.5, 0.6) is 17.2 Å². The molecule has 3 unspecified atom stereocenters. The van der Waals surface area contributed by atoms with Gasteiger partial charge in [0, 0.05) is 12.1 Å². The van der Waals surface area contributed by atoms with Gasteiger partial charge in [0.2, 0.25) is 6.79 Å². The van der Waals surface area contributed by atoms with Gasteiger partial charge in [-0.15, -0.1) is 0 Å². The Kier molecular flexibility index (Phi) is 4.73. The number of ether oxygens (including phenoxy) is 3. The smallest absolute Gasteiger partial charge is 0.261 e. The fraction of sp³-hybridized carbons (Fsp3) is 0.233. The maximum atomic E-state index is 14.6. The van der Waals surface area contributed by atoms with E-state index < -0.39 is 17.7 Å². The van der Waals surface area contributed by atoms with Gasteiger partial charge < -0.3 is 19.1 Å². The molecule has 7 rings (SSSR count). The van der Waals surface area contributed by atoms with Crippen LogP contribution >= 0.6 is 0 Å². The highest BCUT2D eigenvalue weighted by atomic mass is 16.7. The molecule has 3 atom stereocenters. The van der Waals surface area contributed by atoms with Gasteiger partial charge >= 0.3 is 0 Å². The average molecular weight is 509 g/mol. The van der Waals surface area contributed by atoms with Crippen molar-refractivity contribution >= 4 is 23.3 Å². The van der Waals surface area contributed by atoms with E-state index in [-0.39, 0.29) is 30.9 Å². The van der Waals surface area contributed by atoms with Crippen LogP contribution in [0.2, 0.25) is 0 Å². The summed E-state index contributed by atoms with van der Waals surface area (Å²) in [6.07, 6.45) is 2.57. The molecule has 0 saturated carbocycles. The number of carbonyl (C=O) groups excluding carboxylic acids is 3. The SMILES string of the molecule is Cc1cccc(C)c1N1C(=O)C2(C=CCN2C(=O)c2ccc3c(c2)OCO3)C2C(=O)c3ccccc3OC21. The fourth-order valence-electron chi connectivity index (χ4n) is 6.22. The van der Waals surface area contributed by atoms with Crippen molar-refractivity contribution in [2.75, 3.05) is 18.2 Å². The molecule has 0 aromatic heterocycles. The standard InChI is InChI=1S/C30H24N2O6/c1-17-7-5-8-18(2)25(17)32-28-24(26(33)20-9-3-4-10-21(20)38-28)30(29(32)35)13-6-14-31(30)27(34)19-11-12-22-23(15-19)37-16-36-22/h3-13,15,24,28H,14,16H2,1-2H3. The Balaban J connectivity index is 1.40. The third-order valence-electron chi connectivity index (χ3n) is 7.91. The van der Waals surface area contributed by atoms with Gasteiger partial charge in [0.05, 0.1) is 11.3 Å². The van der Waals surface area contributed by atoms with E-state index in [4.69, 9.17) is 14.2 Å². The first-order valence-electron chi connectivity index (χ1n) is 12.5. The first-order valence-corrected chi connectivity index (χ1v) is 12.5. The molecule has 3 aromatic carbocycles. The minimum Gasteiger partial charge on any atom is -0.468 e. The largest absolute Gasteiger partial charge is 0.468 e. The van der Waals surface area contributed by atoms with Gasteiger partial charge in [-0.3, -0.25) is 19.3 Å². The van der Waals surface area contributed by atoms with Crippen molar-refractivity contribution < 1.29 is 28.6 Å². The summed E-state index contributed by atoms with van der Waals surface area (Å²) in [5, 5.41) is 0. The molecule has 3 aromatic rings. The van der Waals surface area contributed by atoms with Crippen LogP contribution in [0.25, 0.3) is 0 Å². The quantitative estimate of drug-likeness (QED) is 0.486. The number of anilines is 1. The highest BCUT2D eigenvalue weighted by Crippen LogP contribution is 2.51. The van der Waals surface area contributed by atoms with Crippen LogP contribution < -0.4 is 19.1 Å². The van der Waals surface area contributed by atoms with Crippen LogP contribution in [-0.4, -0.2) is 47.6 Å². The second kappa shape index (κ2) is 7.95. The summed E-state index contributed by atoms with van der Waals surface area (Å²) in [5.74, 6) is -0.480. The molecule has 0 N–H and O–H groups in total. The highest BCUT2D eigenvalue weighted by Gasteiger charge is 2.69. The maximum Gasteiger partial charge on any atom is 0.261 e. The van der Waals surface area contributed by atoms with E-state index >= 15 is 0 Å². The molecule has 8 nitrogen and oxygen atoms in total. The molecule has 0 bridgehead atoms. The highest BCUT2D eigenvalue weighted by molar-refractivity contribution is 6.17. The van der Waals surface area contributed by atoms with Gasteiger partial charge in [0.15, 0.2) is 29.0 Å². The molecule has 1 fully saturated rings. The van der Waals surface area contributed by atoms with Crippen LogP contribution in [0.3, 0.4) is 0 Å². The van der Waals surface area contributed by atoms with E-state index in [0.29, 0.717) is 34.1 Å². The first kappa shape index (κ1) is 22.6. The van der Waals surface area contributed by atoms with Gasteiger partial charge in [-0.05, 0) is 55.3 Å². The molecular weight excluding hydrogens is 484 g/mol. The maximum absolute atomic E-state index is 14.6. The number of carbonyl (C=O) groups is 3. The molecule has 4 aliphatic heterocycles. The number of hydrogen-bond donors (Lipinski definition) is 0. The van der Waals surface area contributed by atoms with Crippen molar-refractivity contribution in [1.82, 2.24) is 4.90 Å². The van der Waals surface area contributed by atoms with Crippen molar-refractivity contribution in [3.05, 3.63) is 95.1 Å². The molecule has 0 radical (unpaired) electrons. The number of fused-ring (bicyclic) bond motifs is 4. The lowest BCUT2D eigenvalue weighted by Gasteiger charge is -2.38. The van der Waals surface area contributed by atoms with E-state index in [2.05, 4.69) is 0 Å². The molecule has 38 heavy (non-hydrogen) atoms. The zero-order valence-corrected chi connectivity index (χ0v) is 20.8. The Morgan fingerprint density at radius 1 is 0.921 bits per heavy atom. The van der Waals surface area contributed by atoms with E-state index in [9.17, 15) is 14.4 Å². The van der Waals surface area contributed by atoms with Crippen LogP contribution in [0.15, 0.2) is 72.8 Å². The molecule has 4 heterocycles. The molecule has 1 spiro atoms. The summed E-state index contributed by atoms with van der Waals surface area (Å²) >= 11 is 0. The van der Waals surface area contributed by atoms with E-state index in [1.165, 1.54) is 4.90 Å². The summed E-state index contributed by atoms with van der Waals surface area (Å²) in [7, 11) is 0. The lowest BCUT2D eigenvalue weighted by molar-refractivity contribution is -0.124. The zero-order valence-electron chi connectivity index (χ0n) is 20.8. The van der Waals surface area contributed by atoms with Gasteiger partial charge in [-0.25, -0.2) is 0 Å². The first-order chi connectivity index (χ1) is 18.4. The molecular formula is C30H24N2O6. The minimum absolute atomic E-state index is 0.0837. The predicted molar refractivity (Wildman–Crippen MR) is 138 cm³/mol. The second-order valence-corrected chi connectivity index (χ2v) is 9.97. The Morgan fingerprint density at radius 2 is 1.68 bits per heavy atom. The van der Waals surface area contributed by atoms with Crippen molar-refractivity contribution in [2.24, 2.45) is 5.92 Å². The number of rotatable bonds is 2. The number of aryl methyl sites for hydroxylation is 2. The Hall–Kier alpha value is -4.59. The van der Waals surface area contributed by atoms with Crippen LogP contribution in [0.4, 0.5) is 5.69 Å². The van der Waals surface area contributed by atoms with Gasteiger partial charge in [0.1, 0.15) is 11.7 Å². The molecule has 4 aliphatic rings. The summed E-state index contributed by atoms with van der Waals surface area (Å²) < 4.78 is 17.3. The Morgan fingerprint density at radius 3 is 2.50 bits per heavy atom. The number of amides is 2.